The second-order valence-electron chi connectivity index (χ2n) is 9.52. The number of hydrogen-bond acceptors (Lipinski definition) is 8. The predicted octanol–water partition coefficient (Wildman–Crippen LogP) is 3.47. The van der Waals surface area contributed by atoms with Crippen molar-refractivity contribution < 1.29 is 30.8 Å². The van der Waals surface area contributed by atoms with Crippen molar-refractivity contribution in [2.24, 2.45) is 5.92 Å². The van der Waals surface area contributed by atoms with Crippen LogP contribution in [0.25, 0.3) is 0 Å². The third-order valence-electron chi connectivity index (χ3n) is 6.66. The molecule has 1 saturated heterocycles. The Hall–Kier alpha value is -2.96. The number of benzene rings is 1. The summed E-state index contributed by atoms with van der Waals surface area (Å²) in [6.45, 7) is 2.13. The summed E-state index contributed by atoms with van der Waals surface area (Å²) < 4.78 is 54.8. The first-order valence-electron chi connectivity index (χ1n) is 11.9. The van der Waals surface area contributed by atoms with Gasteiger partial charge in [-0.1, -0.05) is 25.1 Å². The minimum atomic E-state index is -3.93. The van der Waals surface area contributed by atoms with Gasteiger partial charge in [0, 0.05) is 10.9 Å². The standard InChI is InChI=1S/C25H26N2O7S3/c1-15-7-8-18-20(13-15)35-25(22(18)24(29)26-16-11-12-36(30,31)14-16)27-23(28)19-9-10-21(34-19)37(32,33)17-5-3-2-4-6-17/h2-6,9-10,15-16H,7-8,11-14H2,1H3,(H,26,29)(H,27,28). The van der Waals surface area contributed by atoms with Crippen LogP contribution < -0.4 is 10.6 Å². The van der Waals surface area contributed by atoms with Crippen LogP contribution in [0.5, 0.6) is 0 Å². The smallest absolute Gasteiger partial charge is 0.292 e. The molecule has 2 atom stereocenters. The van der Waals surface area contributed by atoms with Crippen LogP contribution in [0.2, 0.25) is 0 Å². The first-order chi connectivity index (χ1) is 17.5. The molecule has 0 saturated carbocycles. The summed E-state index contributed by atoms with van der Waals surface area (Å²) in [6.07, 6.45) is 2.70. The molecular formula is C25H26N2O7S3. The van der Waals surface area contributed by atoms with Crippen molar-refractivity contribution in [1.29, 1.82) is 0 Å². The average Bonchev–Trinajstić information content (AvgIpc) is 3.56. The number of carbonyl (C=O) groups is 2. The number of anilines is 1. The molecule has 12 heteroatoms. The maximum absolute atomic E-state index is 13.3. The fourth-order valence-corrected chi connectivity index (χ4v) is 8.98. The van der Waals surface area contributed by atoms with Gasteiger partial charge in [-0.2, -0.15) is 0 Å². The minimum absolute atomic E-state index is 0.0352. The van der Waals surface area contributed by atoms with Gasteiger partial charge in [0.05, 0.1) is 22.0 Å². The van der Waals surface area contributed by atoms with Crippen molar-refractivity contribution in [3.8, 4) is 0 Å². The molecule has 3 heterocycles. The van der Waals surface area contributed by atoms with Crippen LogP contribution in [0.4, 0.5) is 5.00 Å². The average molecular weight is 563 g/mol. The lowest BCUT2D eigenvalue weighted by molar-refractivity contribution is 0.0941. The van der Waals surface area contributed by atoms with Crippen LogP contribution in [-0.4, -0.2) is 46.2 Å². The fraction of sp³-hybridized carbons (Fsp3) is 0.360. The van der Waals surface area contributed by atoms with Crippen molar-refractivity contribution in [3.05, 3.63) is 64.2 Å². The highest BCUT2D eigenvalue weighted by atomic mass is 32.2. The molecule has 9 nitrogen and oxygen atoms in total. The topological polar surface area (TPSA) is 140 Å². The molecule has 2 N–H and O–H groups in total. The molecule has 5 rings (SSSR count). The van der Waals surface area contributed by atoms with E-state index in [0.29, 0.717) is 29.3 Å². The Kier molecular flexibility index (Phi) is 6.75. The van der Waals surface area contributed by atoms with E-state index < -0.39 is 37.5 Å². The SMILES string of the molecule is CC1CCc2c(sc(NC(=O)c3ccc(S(=O)(=O)c4ccccc4)o3)c2C(=O)NC2CCS(=O)(=O)C2)C1. The first-order valence-corrected chi connectivity index (χ1v) is 16.0. The number of thiophene rings is 1. The van der Waals surface area contributed by atoms with Crippen molar-refractivity contribution in [2.45, 2.75) is 48.6 Å². The Morgan fingerprint density at radius 2 is 1.81 bits per heavy atom. The summed E-state index contributed by atoms with van der Waals surface area (Å²) in [7, 11) is -7.11. The highest BCUT2D eigenvalue weighted by Crippen LogP contribution is 2.40. The zero-order chi connectivity index (χ0) is 26.4. The van der Waals surface area contributed by atoms with Gasteiger partial charge >= 0.3 is 0 Å². The predicted molar refractivity (Wildman–Crippen MR) is 139 cm³/mol. The lowest BCUT2D eigenvalue weighted by Crippen LogP contribution is -2.36. The molecule has 1 aliphatic heterocycles. The first kappa shape index (κ1) is 25.7. The maximum Gasteiger partial charge on any atom is 0.292 e. The Morgan fingerprint density at radius 1 is 1.05 bits per heavy atom. The van der Waals surface area contributed by atoms with Crippen molar-refractivity contribution in [2.75, 3.05) is 16.8 Å². The summed E-state index contributed by atoms with van der Waals surface area (Å²) in [6, 6.07) is 9.80. The Labute approximate surface area is 219 Å². The highest BCUT2D eigenvalue weighted by molar-refractivity contribution is 7.91. The zero-order valence-corrected chi connectivity index (χ0v) is 22.5. The van der Waals surface area contributed by atoms with E-state index in [1.165, 1.54) is 35.6 Å². The molecule has 0 bridgehead atoms. The van der Waals surface area contributed by atoms with Gasteiger partial charge in [-0.15, -0.1) is 11.3 Å². The molecule has 0 spiro atoms. The molecule has 37 heavy (non-hydrogen) atoms. The lowest BCUT2D eigenvalue weighted by Gasteiger charge is -2.19. The van der Waals surface area contributed by atoms with Crippen LogP contribution in [0, 0.1) is 5.92 Å². The number of rotatable bonds is 6. The van der Waals surface area contributed by atoms with Gasteiger partial charge < -0.3 is 15.1 Å². The molecular weight excluding hydrogens is 536 g/mol. The van der Waals surface area contributed by atoms with Gasteiger partial charge in [-0.25, -0.2) is 16.8 Å². The van der Waals surface area contributed by atoms with E-state index in [9.17, 15) is 26.4 Å². The molecule has 1 aliphatic carbocycles. The van der Waals surface area contributed by atoms with Crippen molar-refractivity contribution in [1.82, 2.24) is 5.32 Å². The Morgan fingerprint density at radius 3 is 2.51 bits per heavy atom. The largest absolute Gasteiger partial charge is 0.439 e. The second-order valence-corrected chi connectivity index (χ2v) is 14.7. The number of fused-ring (bicyclic) bond motifs is 1. The van der Waals surface area contributed by atoms with Crippen LogP contribution in [0.3, 0.4) is 0 Å². The molecule has 1 fully saturated rings. The third-order valence-corrected chi connectivity index (χ3v) is 11.2. The van der Waals surface area contributed by atoms with E-state index in [0.717, 1.165) is 23.3 Å². The monoisotopic (exact) mass is 562 g/mol. The van der Waals surface area contributed by atoms with Gasteiger partial charge in [0.15, 0.2) is 15.6 Å². The number of nitrogens with one attached hydrogen (secondary N) is 2. The molecule has 2 amide bonds. The van der Waals surface area contributed by atoms with Gasteiger partial charge in [-0.3, -0.25) is 9.59 Å². The Bertz CT molecular complexity index is 1570. The van der Waals surface area contributed by atoms with Gasteiger partial charge in [-0.05, 0) is 61.4 Å². The molecule has 2 aromatic heterocycles. The molecule has 3 aromatic rings. The summed E-state index contributed by atoms with van der Waals surface area (Å²) in [5.41, 5.74) is 1.21. The van der Waals surface area contributed by atoms with Crippen LogP contribution in [-0.2, 0) is 32.5 Å². The van der Waals surface area contributed by atoms with E-state index in [1.54, 1.807) is 18.2 Å². The molecule has 1 aromatic carbocycles. The highest BCUT2D eigenvalue weighted by Gasteiger charge is 2.33. The fourth-order valence-electron chi connectivity index (χ4n) is 4.71. The molecule has 2 unspecified atom stereocenters. The molecule has 0 radical (unpaired) electrons. The number of sulfone groups is 2. The zero-order valence-electron chi connectivity index (χ0n) is 20.0. The maximum atomic E-state index is 13.3. The van der Waals surface area contributed by atoms with Gasteiger partial charge in [0.25, 0.3) is 11.8 Å². The van der Waals surface area contributed by atoms with E-state index in [-0.39, 0.29) is 27.3 Å². The van der Waals surface area contributed by atoms with Gasteiger partial charge in [0.2, 0.25) is 14.9 Å². The second kappa shape index (κ2) is 9.73. The quantitative estimate of drug-likeness (QED) is 0.469. The minimum Gasteiger partial charge on any atom is -0.439 e. The van der Waals surface area contributed by atoms with E-state index in [2.05, 4.69) is 17.6 Å². The number of furan rings is 1. The summed E-state index contributed by atoms with van der Waals surface area (Å²) >= 11 is 1.31. The molecule has 2 aliphatic rings. The number of carbonyl (C=O) groups excluding carboxylic acids is 2. The van der Waals surface area contributed by atoms with Gasteiger partial charge in [0.1, 0.15) is 5.00 Å². The lowest BCUT2D eigenvalue weighted by atomic mass is 9.88. The number of hydrogen-bond donors (Lipinski definition) is 2. The summed E-state index contributed by atoms with van der Waals surface area (Å²) in [4.78, 5) is 27.4. The summed E-state index contributed by atoms with van der Waals surface area (Å²) in [5, 5.41) is 5.55. The summed E-state index contributed by atoms with van der Waals surface area (Å²) in [5.74, 6) is -0.943. The van der Waals surface area contributed by atoms with Crippen LogP contribution >= 0.6 is 11.3 Å². The molecule has 196 valence electrons. The van der Waals surface area contributed by atoms with Crippen LogP contribution in [0.15, 0.2) is 56.9 Å². The Balaban J connectivity index is 1.41. The van der Waals surface area contributed by atoms with Crippen molar-refractivity contribution >= 4 is 47.8 Å². The number of amides is 2. The third kappa shape index (κ3) is 5.23. The van der Waals surface area contributed by atoms with E-state index >= 15 is 0 Å². The van der Waals surface area contributed by atoms with Crippen LogP contribution in [0.1, 0.15) is 51.1 Å². The van der Waals surface area contributed by atoms with E-state index in [1.807, 2.05) is 0 Å². The normalized spacial score (nSPS) is 20.8. The van der Waals surface area contributed by atoms with E-state index in [4.69, 9.17) is 4.42 Å². The van der Waals surface area contributed by atoms with Crippen molar-refractivity contribution in [3.63, 3.8) is 0 Å².